The smallest absolute Gasteiger partial charge is 0.480 e. The molecule has 0 saturated heterocycles. The summed E-state index contributed by atoms with van der Waals surface area (Å²) < 4.78 is 46.4. The van der Waals surface area contributed by atoms with Crippen LogP contribution >= 0.6 is 0 Å². The first-order valence-electron chi connectivity index (χ1n) is 12.1. The summed E-state index contributed by atoms with van der Waals surface area (Å²) in [6.45, 7) is 0.377. The number of halogens is 4. The Morgan fingerprint density at radius 3 is 2.17 bits per heavy atom. The third-order valence-electron chi connectivity index (χ3n) is 5.57. The lowest BCUT2D eigenvalue weighted by molar-refractivity contribution is -0.192. The van der Waals surface area contributed by atoms with E-state index in [2.05, 4.69) is 10.3 Å². The van der Waals surface area contributed by atoms with Crippen LogP contribution < -0.4 is 22.3 Å². The standard InChI is InChI=1S/C25H26FN5O4.C2HF3O2/c26-18-11-9-16(10-12-18)19-6-2-1-5-17(19)15-31-14-4-7-20(23(31)33)22(32)30-21(24(34)35)8-3-13-29-25(27)28;3-2(4,5)1(6)7/h1-2,4-7,9-12,14,21H,3,8,13,15H2,(H,30,32)(H,34,35)(H4,27,28,29);(H,6,7)/t21-;/m0./s1. The maximum absolute atomic E-state index is 13.3. The number of nitrogens with zero attached hydrogens (tertiary/aromatic N) is 2. The third-order valence-corrected chi connectivity index (χ3v) is 5.57. The Kier molecular flexibility index (Phi) is 11.8. The number of pyridine rings is 1. The first-order valence-corrected chi connectivity index (χ1v) is 12.1. The molecule has 1 heterocycles. The molecule has 0 aliphatic carbocycles. The van der Waals surface area contributed by atoms with E-state index in [1.807, 2.05) is 24.3 Å². The number of aliphatic carboxylic acids is 2. The van der Waals surface area contributed by atoms with Crippen molar-refractivity contribution in [3.05, 3.63) is 94.2 Å². The predicted molar refractivity (Wildman–Crippen MR) is 144 cm³/mol. The van der Waals surface area contributed by atoms with Crippen LogP contribution in [-0.2, 0) is 16.1 Å². The Balaban J connectivity index is 0.000000782. The van der Waals surface area contributed by atoms with Crippen LogP contribution in [0.5, 0.6) is 0 Å². The molecule has 11 nitrogen and oxygen atoms in total. The quantitative estimate of drug-likeness (QED) is 0.103. The van der Waals surface area contributed by atoms with Crippen molar-refractivity contribution in [2.45, 2.75) is 31.6 Å². The summed E-state index contributed by atoms with van der Waals surface area (Å²) in [5, 5.41) is 19.0. The van der Waals surface area contributed by atoms with Crippen LogP contribution in [0.25, 0.3) is 11.1 Å². The highest BCUT2D eigenvalue weighted by molar-refractivity contribution is 5.96. The van der Waals surface area contributed by atoms with Gasteiger partial charge in [-0.3, -0.25) is 14.6 Å². The van der Waals surface area contributed by atoms with Gasteiger partial charge in [-0.25, -0.2) is 14.0 Å². The van der Waals surface area contributed by atoms with E-state index in [1.165, 1.54) is 22.8 Å². The van der Waals surface area contributed by atoms with Gasteiger partial charge in [-0.1, -0.05) is 36.4 Å². The van der Waals surface area contributed by atoms with Gasteiger partial charge in [0.15, 0.2) is 5.96 Å². The van der Waals surface area contributed by atoms with Gasteiger partial charge in [0.25, 0.3) is 11.5 Å². The van der Waals surface area contributed by atoms with Crippen molar-refractivity contribution in [2.75, 3.05) is 6.54 Å². The van der Waals surface area contributed by atoms with Crippen LogP contribution in [-0.4, -0.2) is 57.3 Å². The van der Waals surface area contributed by atoms with E-state index in [-0.39, 0.29) is 36.9 Å². The van der Waals surface area contributed by atoms with Gasteiger partial charge in [0.05, 0.1) is 6.54 Å². The molecule has 0 bridgehead atoms. The van der Waals surface area contributed by atoms with Gasteiger partial charge < -0.3 is 31.6 Å². The average Bonchev–Trinajstić information content (AvgIpc) is 2.92. The second kappa shape index (κ2) is 15.0. The number of hydrogen-bond acceptors (Lipinski definition) is 5. The van der Waals surface area contributed by atoms with Crippen LogP contribution in [0.3, 0.4) is 0 Å². The molecule has 0 fully saturated rings. The summed E-state index contributed by atoms with van der Waals surface area (Å²) in [6.07, 6.45) is -3.12. The molecule has 2 aromatic carbocycles. The van der Waals surface area contributed by atoms with Crippen molar-refractivity contribution in [3.8, 4) is 11.1 Å². The predicted octanol–water partition coefficient (Wildman–Crippen LogP) is 2.57. The fourth-order valence-corrected chi connectivity index (χ4v) is 3.58. The minimum absolute atomic E-state index is 0.0872. The number of rotatable bonds is 10. The van der Waals surface area contributed by atoms with Crippen LogP contribution in [0.15, 0.2) is 76.6 Å². The van der Waals surface area contributed by atoms with Gasteiger partial charge in [0, 0.05) is 12.7 Å². The third kappa shape index (κ3) is 10.1. The van der Waals surface area contributed by atoms with Crippen LogP contribution in [0, 0.1) is 5.82 Å². The number of carbonyl (C=O) groups is 3. The fourth-order valence-electron chi connectivity index (χ4n) is 3.58. The Labute approximate surface area is 236 Å². The van der Waals surface area contributed by atoms with Gasteiger partial charge in [-0.05, 0) is 53.8 Å². The highest BCUT2D eigenvalue weighted by atomic mass is 19.4. The second-order valence-electron chi connectivity index (χ2n) is 8.63. The number of carboxylic acid groups (broad SMARTS) is 2. The first-order chi connectivity index (χ1) is 19.7. The van der Waals surface area contributed by atoms with E-state index in [0.717, 1.165) is 16.7 Å². The van der Waals surface area contributed by atoms with E-state index < -0.39 is 35.6 Å². The minimum Gasteiger partial charge on any atom is -0.480 e. The van der Waals surface area contributed by atoms with E-state index in [9.17, 15) is 37.1 Å². The number of aliphatic imine (C=N–C) groups is 1. The van der Waals surface area contributed by atoms with E-state index in [4.69, 9.17) is 21.4 Å². The lowest BCUT2D eigenvalue weighted by Gasteiger charge is -2.15. The Hall–Kier alpha value is -5.21. The number of alkyl halides is 3. The number of aromatic nitrogens is 1. The van der Waals surface area contributed by atoms with Gasteiger partial charge in [0.2, 0.25) is 0 Å². The van der Waals surface area contributed by atoms with Crippen LogP contribution in [0.4, 0.5) is 17.6 Å². The summed E-state index contributed by atoms with van der Waals surface area (Å²) in [5.74, 6) is -5.23. The van der Waals surface area contributed by atoms with Crippen molar-refractivity contribution in [1.29, 1.82) is 0 Å². The maximum Gasteiger partial charge on any atom is 0.490 e. The molecule has 224 valence electrons. The maximum atomic E-state index is 13.3. The van der Waals surface area contributed by atoms with E-state index in [0.29, 0.717) is 6.42 Å². The normalized spacial score (nSPS) is 11.4. The molecule has 0 aliphatic rings. The topological polar surface area (TPSA) is 190 Å². The van der Waals surface area contributed by atoms with Crippen molar-refractivity contribution >= 4 is 23.8 Å². The Morgan fingerprint density at radius 2 is 1.60 bits per heavy atom. The summed E-state index contributed by atoms with van der Waals surface area (Å²) in [7, 11) is 0. The first kappa shape index (κ1) is 33.0. The average molecular weight is 594 g/mol. The van der Waals surface area contributed by atoms with Crippen molar-refractivity contribution in [3.63, 3.8) is 0 Å². The van der Waals surface area contributed by atoms with Gasteiger partial charge in [-0.15, -0.1) is 0 Å². The SMILES string of the molecule is NC(N)=NCCC[C@H](NC(=O)c1cccn(Cc2ccccc2-c2ccc(F)cc2)c1=O)C(=O)O.O=C(O)C(F)(F)F. The largest absolute Gasteiger partial charge is 0.490 e. The molecule has 7 N–H and O–H groups in total. The van der Waals surface area contributed by atoms with Crippen LogP contribution in [0.1, 0.15) is 28.8 Å². The zero-order valence-corrected chi connectivity index (χ0v) is 21.8. The summed E-state index contributed by atoms with van der Waals surface area (Å²) in [6, 6.07) is 15.1. The number of carboxylic acids is 2. The number of hydrogen-bond donors (Lipinski definition) is 5. The van der Waals surface area contributed by atoms with Gasteiger partial charge >= 0.3 is 18.1 Å². The number of benzene rings is 2. The van der Waals surface area contributed by atoms with E-state index >= 15 is 0 Å². The van der Waals surface area contributed by atoms with Gasteiger partial charge in [0.1, 0.15) is 17.4 Å². The lowest BCUT2D eigenvalue weighted by Crippen LogP contribution is -2.43. The molecule has 0 aliphatic heterocycles. The van der Waals surface area contributed by atoms with E-state index in [1.54, 1.807) is 24.4 Å². The summed E-state index contributed by atoms with van der Waals surface area (Å²) >= 11 is 0. The molecule has 0 saturated carbocycles. The number of amides is 1. The number of guanidine groups is 1. The molecule has 1 atom stereocenters. The molecule has 3 rings (SSSR count). The fraction of sp³-hybridized carbons (Fsp3) is 0.222. The molecule has 3 aromatic rings. The monoisotopic (exact) mass is 593 g/mol. The molecule has 1 aromatic heterocycles. The molecule has 0 unspecified atom stereocenters. The molecule has 1 amide bonds. The number of carbonyl (C=O) groups excluding carboxylic acids is 1. The molecular formula is C27H27F4N5O6. The molecular weight excluding hydrogens is 566 g/mol. The second-order valence-corrected chi connectivity index (χ2v) is 8.63. The zero-order valence-electron chi connectivity index (χ0n) is 21.8. The van der Waals surface area contributed by atoms with Crippen molar-refractivity contribution in [1.82, 2.24) is 9.88 Å². The molecule has 42 heavy (non-hydrogen) atoms. The summed E-state index contributed by atoms with van der Waals surface area (Å²) in [5.41, 5.74) is 12.2. The highest BCUT2D eigenvalue weighted by Crippen LogP contribution is 2.24. The van der Waals surface area contributed by atoms with Gasteiger partial charge in [-0.2, -0.15) is 13.2 Å². The molecule has 15 heteroatoms. The highest BCUT2D eigenvalue weighted by Gasteiger charge is 2.38. The Morgan fingerprint density at radius 1 is 0.976 bits per heavy atom. The minimum atomic E-state index is -5.08. The van der Waals surface area contributed by atoms with Crippen LogP contribution in [0.2, 0.25) is 0 Å². The number of nitrogens with one attached hydrogen (secondary N) is 1. The number of nitrogens with two attached hydrogens (primary N) is 2. The van der Waals surface area contributed by atoms with Crippen molar-refractivity contribution < 1.29 is 42.2 Å². The Bertz CT molecular complexity index is 1490. The molecule has 0 radical (unpaired) electrons. The summed E-state index contributed by atoms with van der Waals surface area (Å²) in [4.78, 5) is 50.1. The zero-order chi connectivity index (χ0) is 31.4. The molecule has 0 spiro atoms. The van der Waals surface area contributed by atoms with Crippen molar-refractivity contribution in [2.24, 2.45) is 16.5 Å². The lowest BCUT2D eigenvalue weighted by atomic mass is 9.99.